The van der Waals surface area contributed by atoms with Crippen LogP contribution < -0.4 is 0 Å². The Hall–Kier alpha value is -1.70. The largest absolute Gasteiger partial charge is 0.339 e. The summed E-state index contributed by atoms with van der Waals surface area (Å²) in [6.45, 7) is 3.01. The second-order valence-corrected chi connectivity index (χ2v) is 8.63. The molecule has 0 N–H and O–H groups in total. The van der Waals surface area contributed by atoms with Crippen LogP contribution in [0, 0.1) is 6.92 Å². The second kappa shape index (κ2) is 6.31. The monoisotopic (exact) mass is 348 g/mol. The molecule has 0 bridgehead atoms. The molecule has 1 fully saturated rings. The van der Waals surface area contributed by atoms with Gasteiger partial charge in [-0.05, 0) is 26.6 Å². The van der Waals surface area contributed by atoms with Crippen LogP contribution in [0.1, 0.15) is 17.0 Å². The number of aryl methyl sites for hydroxylation is 2. The Morgan fingerprint density at radius 2 is 1.83 bits per heavy atom. The molecule has 0 aliphatic carbocycles. The van der Waals surface area contributed by atoms with Gasteiger partial charge in [0.05, 0.1) is 6.33 Å². The zero-order valence-electron chi connectivity index (χ0n) is 14.5. The predicted octanol–water partition coefficient (Wildman–Crippen LogP) is 1.45. The lowest BCUT2D eigenvalue weighted by Crippen LogP contribution is -2.35. The molecule has 0 unspecified atom stereocenters. The van der Waals surface area contributed by atoms with Crippen molar-refractivity contribution in [2.75, 3.05) is 27.2 Å². The Morgan fingerprint density at radius 3 is 2.38 bits per heavy atom. The van der Waals surface area contributed by atoms with Crippen LogP contribution in [0.2, 0.25) is 0 Å². The summed E-state index contributed by atoms with van der Waals surface area (Å²) in [7, 11) is 2.22. The number of hydrogen-bond donors (Lipinski definition) is 0. The van der Waals surface area contributed by atoms with E-state index in [4.69, 9.17) is 0 Å². The molecule has 0 radical (unpaired) electrons. The lowest BCUT2D eigenvalue weighted by Gasteiger charge is -2.25. The highest BCUT2D eigenvalue weighted by Gasteiger charge is 2.41. The van der Waals surface area contributed by atoms with Gasteiger partial charge >= 0.3 is 0 Å². The number of hydrogen-bond acceptors (Lipinski definition) is 4. The van der Waals surface area contributed by atoms with Crippen molar-refractivity contribution in [1.82, 2.24) is 18.8 Å². The number of benzene rings is 1. The molecule has 2 atom stereocenters. The minimum absolute atomic E-state index is 0.118. The molecule has 24 heavy (non-hydrogen) atoms. The molecule has 2 heterocycles. The van der Waals surface area contributed by atoms with Crippen molar-refractivity contribution >= 4 is 10.0 Å². The zero-order chi connectivity index (χ0) is 17.5. The van der Waals surface area contributed by atoms with Crippen molar-refractivity contribution in [1.29, 1.82) is 0 Å². The minimum Gasteiger partial charge on any atom is -0.339 e. The van der Waals surface area contributed by atoms with Gasteiger partial charge in [-0.3, -0.25) is 0 Å². The highest BCUT2D eigenvalue weighted by atomic mass is 32.2. The van der Waals surface area contributed by atoms with E-state index in [0.29, 0.717) is 13.1 Å². The number of sulfonamides is 1. The smallest absolute Gasteiger partial charge is 0.262 e. The molecular formula is C17H24N4O2S. The van der Waals surface area contributed by atoms with Gasteiger partial charge in [0.1, 0.15) is 0 Å². The summed E-state index contributed by atoms with van der Waals surface area (Å²) >= 11 is 0. The first-order chi connectivity index (χ1) is 11.3. The Balaban J connectivity index is 1.91. The fourth-order valence-corrected chi connectivity index (χ4v) is 4.72. The van der Waals surface area contributed by atoms with Crippen LogP contribution in [-0.4, -0.2) is 60.4 Å². The normalized spacial score (nSPS) is 22.4. The summed E-state index contributed by atoms with van der Waals surface area (Å²) in [6, 6.07) is 8.52. The van der Waals surface area contributed by atoms with Gasteiger partial charge < -0.3 is 9.47 Å². The van der Waals surface area contributed by atoms with Crippen LogP contribution in [-0.2, 0) is 17.1 Å². The molecule has 1 aromatic carbocycles. The Morgan fingerprint density at radius 1 is 1.17 bits per heavy atom. The summed E-state index contributed by atoms with van der Waals surface area (Å²) in [6.07, 6.45) is 3.07. The molecule has 130 valence electrons. The van der Waals surface area contributed by atoms with Gasteiger partial charge in [0.15, 0.2) is 5.03 Å². The van der Waals surface area contributed by atoms with Crippen LogP contribution in [0.4, 0.5) is 0 Å². The Bertz CT molecular complexity index is 811. The minimum atomic E-state index is -3.56. The number of imidazole rings is 1. The molecular weight excluding hydrogens is 324 g/mol. The molecule has 1 aromatic heterocycles. The van der Waals surface area contributed by atoms with E-state index in [1.807, 2.05) is 14.1 Å². The van der Waals surface area contributed by atoms with Crippen molar-refractivity contribution < 1.29 is 8.42 Å². The van der Waals surface area contributed by atoms with Crippen LogP contribution in [0.25, 0.3) is 0 Å². The zero-order valence-corrected chi connectivity index (χ0v) is 15.4. The third kappa shape index (κ3) is 3.11. The average molecular weight is 348 g/mol. The molecule has 7 heteroatoms. The molecule has 0 spiro atoms. The molecule has 6 nitrogen and oxygen atoms in total. The first-order valence-electron chi connectivity index (χ1n) is 8.00. The van der Waals surface area contributed by atoms with E-state index in [0.717, 1.165) is 0 Å². The van der Waals surface area contributed by atoms with Crippen molar-refractivity contribution in [2.45, 2.75) is 23.9 Å². The number of rotatable bonds is 4. The maximum absolute atomic E-state index is 12.9. The fraction of sp³-hybridized carbons (Fsp3) is 0.471. The molecule has 3 rings (SSSR count). The maximum atomic E-state index is 12.9. The first-order valence-corrected chi connectivity index (χ1v) is 9.44. The van der Waals surface area contributed by atoms with Gasteiger partial charge in [0, 0.05) is 38.3 Å². The predicted molar refractivity (Wildman–Crippen MR) is 93.4 cm³/mol. The van der Waals surface area contributed by atoms with Crippen molar-refractivity contribution in [3.8, 4) is 0 Å². The summed E-state index contributed by atoms with van der Waals surface area (Å²) < 4.78 is 29.0. The van der Waals surface area contributed by atoms with Gasteiger partial charge in [0.25, 0.3) is 10.0 Å². The van der Waals surface area contributed by atoms with E-state index >= 15 is 0 Å². The first kappa shape index (κ1) is 17.1. The van der Waals surface area contributed by atoms with E-state index in [1.54, 1.807) is 22.1 Å². The second-order valence-electron chi connectivity index (χ2n) is 6.75. The summed E-state index contributed by atoms with van der Waals surface area (Å²) in [4.78, 5) is 6.14. The number of nitrogens with zero attached hydrogens (tertiary/aromatic N) is 4. The lowest BCUT2D eigenvalue weighted by molar-refractivity contribution is 0.285. The quantitative estimate of drug-likeness (QED) is 0.839. The molecule has 1 aliphatic heterocycles. The summed E-state index contributed by atoms with van der Waals surface area (Å²) in [5, 5.41) is 0.118. The highest BCUT2D eigenvalue weighted by molar-refractivity contribution is 7.89. The molecule has 1 aliphatic rings. The molecule has 0 saturated carbocycles. The topological polar surface area (TPSA) is 58.4 Å². The van der Waals surface area contributed by atoms with Gasteiger partial charge in [-0.15, -0.1) is 0 Å². The summed E-state index contributed by atoms with van der Waals surface area (Å²) in [5.41, 5.74) is 2.38. The average Bonchev–Trinajstić information content (AvgIpc) is 3.15. The van der Waals surface area contributed by atoms with Gasteiger partial charge in [-0.25, -0.2) is 13.4 Å². The SMILES string of the molecule is Cc1ccc([C@@H]2CN(S(=O)(=O)c3cn(C)cn3)C[C@H]2N(C)C)cc1. The molecule has 2 aromatic rings. The van der Waals surface area contributed by atoms with E-state index in [2.05, 4.69) is 41.1 Å². The van der Waals surface area contributed by atoms with Crippen molar-refractivity contribution in [2.24, 2.45) is 7.05 Å². The molecule has 1 saturated heterocycles. The van der Waals surface area contributed by atoms with Gasteiger partial charge in [0.2, 0.25) is 0 Å². The number of likely N-dealkylation sites (N-methyl/N-ethyl adjacent to an activating group) is 1. The Kier molecular flexibility index (Phi) is 4.50. The van der Waals surface area contributed by atoms with E-state index in [1.165, 1.54) is 17.5 Å². The van der Waals surface area contributed by atoms with E-state index in [-0.39, 0.29) is 17.0 Å². The van der Waals surface area contributed by atoms with Crippen LogP contribution in [0.15, 0.2) is 41.8 Å². The van der Waals surface area contributed by atoms with Crippen molar-refractivity contribution in [3.05, 3.63) is 47.9 Å². The van der Waals surface area contributed by atoms with Gasteiger partial charge in [-0.1, -0.05) is 29.8 Å². The third-order valence-corrected chi connectivity index (χ3v) is 6.43. The van der Waals surface area contributed by atoms with Crippen LogP contribution in [0.5, 0.6) is 0 Å². The maximum Gasteiger partial charge on any atom is 0.262 e. The molecule has 0 amide bonds. The van der Waals surface area contributed by atoms with Crippen LogP contribution in [0.3, 0.4) is 0 Å². The van der Waals surface area contributed by atoms with Crippen molar-refractivity contribution in [3.63, 3.8) is 0 Å². The standard InChI is InChI=1S/C17H24N4O2S/c1-13-5-7-14(8-6-13)15-9-21(10-16(15)19(2)3)24(22,23)17-11-20(4)12-18-17/h5-8,11-12,15-16H,9-10H2,1-4H3/t15-,16+/m0/s1. The Labute approximate surface area is 143 Å². The van der Waals surface area contributed by atoms with E-state index in [9.17, 15) is 8.42 Å². The highest BCUT2D eigenvalue weighted by Crippen LogP contribution is 2.33. The third-order valence-electron chi connectivity index (χ3n) is 4.71. The number of aromatic nitrogens is 2. The fourth-order valence-electron chi connectivity index (χ4n) is 3.27. The lowest BCUT2D eigenvalue weighted by atomic mass is 9.93. The van der Waals surface area contributed by atoms with E-state index < -0.39 is 10.0 Å². The summed E-state index contributed by atoms with van der Waals surface area (Å²) in [5.74, 6) is 0.152. The van der Waals surface area contributed by atoms with Gasteiger partial charge in [-0.2, -0.15) is 4.31 Å². The van der Waals surface area contributed by atoms with Crippen LogP contribution >= 0.6 is 0 Å².